The molecule has 30 heavy (non-hydrogen) atoms. The summed E-state index contributed by atoms with van der Waals surface area (Å²) in [7, 11) is 0. The first-order chi connectivity index (χ1) is 14.8. The fraction of sp³-hybridized carbons (Fsp3) is 0.778. The molecule has 4 aliphatic rings. The van der Waals surface area contributed by atoms with Crippen LogP contribution in [0, 0.1) is 5.41 Å². The van der Waals surface area contributed by atoms with Crippen molar-refractivity contribution >= 4 is 11.4 Å². The fourth-order valence-corrected chi connectivity index (χ4v) is 6.32. The zero-order chi connectivity index (χ0) is 20.4. The zero-order valence-corrected chi connectivity index (χ0v) is 19.4. The fourth-order valence-electron chi connectivity index (χ4n) is 6.32. The number of anilines is 2. The predicted octanol–water partition coefficient (Wildman–Crippen LogP) is 6.04. The molecule has 1 spiro atoms. The lowest BCUT2D eigenvalue weighted by Crippen LogP contribution is -2.47. The molecule has 2 saturated carbocycles. The number of unbranched alkanes of at least 4 members (excludes halogenated alkanes) is 1. The quantitative estimate of drug-likeness (QED) is 0.567. The molecule has 166 valence electrons. The van der Waals surface area contributed by atoms with E-state index in [-0.39, 0.29) is 0 Å². The van der Waals surface area contributed by atoms with Crippen molar-refractivity contribution in [1.82, 2.24) is 4.90 Å². The lowest BCUT2D eigenvalue weighted by molar-refractivity contribution is 0.253. The second-order valence-corrected chi connectivity index (χ2v) is 10.7. The van der Waals surface area contributed by atoms with Crippen LogP contribution < -0.4 is 9.80 Å². The first-order valence-electron chi connectivity index (χ1n) is 13.1. The van der Waals surface area contributed by atoms with Crippen LogP contribution in [0.5, 0.6) is 0 Å². The summed E-state index contributed by atoms with van der Waals surface area (Å²) in [5.41, 5.74) is 5.55. The van der Waals surface area contributed by atoms with Gasteiger partial charge in [-0.3, -0.25) is 4.90 Å². The Kier molecular flexibility index (Phi) is 6.27. The Bertz CT molecular complexity index is 686. The van der Waals surface area contributed by atoms with Crippen molar-refractivity contribution in [3.63, 3.8) is 0 Å². The molecular formula is C27H43N3. The van der Waals surface area contributed by atoms with Gasteiger partial charge in [-0.2, -0.15) is 0 Å². The molecular weight excluding hydrogens is 366 g/mol. The van der Waals surface area contributed by atoms with Crippen molar-refractivity contribution in [3.8, 4) is 0 Å². The van der Waals surface area contributed by atoms with E-state index in [2.05, 4.69) is 39.8 Å². The number of piperidine rings is 1. The molecule has 3 nitrogen and oxygen atoms in total. The maximum atomic E-state index is 2.72. The minimum absolute atomic E-state index is 0.784. The summed E-state index contributed by atoms with van der Waals surface area (Å²) in [4.78, 5) is 8.06. The van der Waals surface area contributed by atoms with Gasteiger partial charge in [0, 0.05) is 50.6 Å². The molecule has 0 amide bonds. The maximum absolute atomic E-state index is 2.72. The molecule has 0 unspecified atom stereocenters. The van der Waals surface area contributed by atoms with Gasteiger partial charge in [-0.05, 0) is 106 Å². The van der Waals surface area contributed by atoms with Gasteiger partial charge in [-0.1, -0.05) is 13.3 Å². The van der Waals surface area contributed by atoms with E-state index in [0.717, 1.165) is 11.3 Å². The van der Waals surface area contributed by atoms with Crippen molar-refractivity contribution < 1.29 is 0 Å². The maximum Gasteiger partial charge on any atom is 0.0404 e. The summed E-state index contributed by atoms with van der Waals surface area (Å²) in [5, 5.41) is 0. The van der Waals surface area contributed by atoms with Gasteiger partial charge in [-0.15, -0.1) is 0 Å². The highest BCUT2D eigenvalue weighted by Gasteiger charge is 2.45. The van der Waals surface area contributed by atoms with E-state index in [9.17, 15) is 0 Å². The number of hydrogen-bond acceptors (Lipinski definition) is 3. The van der Waals surface area contributed by atoms with Gasteiger partial charge in [0.1, 0.15) is 0 Å². The van der Waals surface area contributed by atoms with Crippen molar-refractivity contribution in [2.24, 2.45) is 5.41 Å². The SMILES string of the molecule is CCCCN1CCN(c2ccc(N3CCCCC3)cc2C2CCC3(CC2)CC3)CC1. The van der Waals surface area contributed by atoms with Gasteiger partial charge in [0.25, 0.3) is 0 Å². The van der Waals surface area contributed by atoms with Gasteiger partial charge < -0.3 is 9.80 Å². The van der Waals surface area contributed by atoms with Gasteiger partial charge in [-0.25, -0.2) is 0 Å². The topological polar surface area (TPSA) is 9.72 Å². The molecule has 2 aliphatic carbocycles. The average molecular weight is 410 g/mol. The van der Waals surface area contributed by atoms with Crippen LogP contribution in [0.15, 0.2) is 18.2 Å². The highest BCUT2D eigenvalue weighted by atomic mass is 15.3. The van der Waals surface area contributed by atoms with Crippen LogP contribution in [-0.2, 0) is 0 Å². The average Bonchev–Trinajstić information content (AvgIpc) is 3.57. The molecule has 0 bridgehead atoms. The molecule has 2 aliphatic heterocycles. The molecule has 0 N–H and O–H groups in total. The van der Waals surface area contributed by atoms with E-state index in [0.29, 0.717) is 0 Å². The molecule has 3 heteroatoms. The Morgan fingerprint density at radius 2 is 1.57 bits per heavy atom. The molecule has 2 saturated heterocycles. The number of hydrogen-bond donors (Lipinski definition) is 0. The van der Waals surface area contributed by atoms with Crippen LogP contribution in [0.1, 0.15) is 89.0 Å². The lowest BCUT2D eigenvalue weighted by atomic mass is 9.76. The number of nitrogens with zero attached hydrogens (tertiary/aromatic N) is 3. The molecule has 1 aromatic rings. The molecule has 1 aromatic carbocycles. The van der Waals surface area contributed by atoms with Crippen LogP contribution in [-0.4, -0.2) is 50.7 Å². The van der Waals surface area contributed by atoms with Crippen LogP contribution in [0.3, 0.4) is 0 Å². The molecule has 4 fully saturated rings. The number of rotatable bonds is 6. The summed E-state index contributed by atoms with van der Waals surface area (Å²) >= 11 is 0. The largest absolute Gasteiger partial charge is 0.372 e. The third kappa shape index (κ3) is 4.52. The molecule has 0 radical (unpaired) electrons. The lowest BCUT2D eigenvalue weighted by Gasteiger charge is -2.39. The van der Waals surface area contributed by atoms with Crippen LogP contribution in [0.25, 0.3) is 0 Å². The highest BCUT2D eigenvalue weighted by Crippen LogP contribution is 2.59. The standard InChI is InChI=1S/C27H43N3/c1-2-3-15-28-18-20-30(21-19-28)26-8-7-24(29-16-5-4-6-17-29)22-25(26)23-9-11-27(12-10-23)13-14-27/h7-8,22-23H,2-6,9-21H2,1H3. The smallest absolute Gasteiger partial charge is 0.0404 e. The van der Waals surface area contributed by atoms with Crippen molar-refractivity contribution in [2.45, 2.75) is 83.5 Å². The number of benzene rings is 1. The van der Waals surface area contributed by atoms with Crippen molar-refractivity contribution in [2.75, 3.05) is 55.6 Å². The minimum Gasteiger partial charge on any atom is -0.372 e. The molecule has 2 heterocycles. The summed E-state index contributed by atoms with van der Waals surface area (Å²) < 4.78 is 0. The van der Waals surface area contributed by atoms with E-state index in [1.165, 1.54) is 122 Å². The van der Waals surface area contributed by atoms with Gasteiger partial charge >= 0.3 is 0 Å². The summed E-state index contributed by atoms with van der Waals surface area (Å²) in [6.07, 6.45) is 15.6. The predicted molar refractivity (Wildman–Crippen MR) is 129 cm³/mol. The van der Waals surface area contributed by atoms with Gasteiger partial charge in [0.05, 0.1) is 0 Å². The minimum atomic E-state index is 0.784. The molecule has 5 rings (SSSR count). The van der Waals surface area contributed by atoms with E-state index in [4.69, 9.17) is 0 Å². The van der Waals surface area contributed by atoms with Gasteiger partial charge in [0.15, 0.2) is 0 Å². The Balaban J connectivity index is 1.34. The summed E-state index contributed by atoms with van der Waals surface area (Å²) in [6, 6.07) is 7.57. The Morgan fingerprint density at radius 1 is 0.833 bits per heavy atom. The van der Waals surface area contributed by atoms with Gasteiger partial charge in [0.2, 0.25) is 0 Å². The first-order valence-corrected chi connectivity index (χ1v) is 13.1. The van der Waals surface area contributed by atoms with Crippen LogP contribution in [0.2, 0.25) is 0 Å². The zero-order valence-electron chi connectivity index (χ0n) is 19.4. The van der Waals surface area contributed by atoms with Crippen LogP contribution in [0.4, 0.5) is 11.4 Å². The Morgan fingerprint density at radius 3 is 2.23 bits per heavy atom. The highest BCUT2D eigenvalue weighted by molar-refractivity contribution is 5.63. The second kappa shape index (κ2) is 9.10. The summed E-state index contributed by atoms with van der Waals surface area (Å²) in [6.45, 7) is 11.0. The van der Waals surface area contributed by atoms with E-state index in [1.807, 2.05) is 0 Å². The first kappa shape index (κ1) is 20.7. The van der Waals surface area contributed by atoms with E-state index < -0.39 is 0 Å². The normalized spacial score (nSPS) is 25.1. The molecule has 0 aromatic heterocycles. The monoisotopic (exact) mass is 409 g/mol. The van der Waals surface area contributed by atoms with Crippen molar-refractivity contribution in [3.05, 3.63) is 23.8 Å². The number of piperazine rings is 1. The molecule has 0 atom stereocenters. The Hall–Kier alpha value is -1.22. The Labute approximate surface area is 184 Å². The second-order valence-electron chi connectivity index (χ2n) is 10.7. The third-order valence-electron chi connectivity index (χ3n) is 8.72. The van der Waals surface area contributed by atoms with Crippen LogP contribution >= 0.6 is 0 Å². The van der Waals surface area contributed by atoms with E-state index >= 15 is 0 Å². The third-order valence-corrected chi connectivity index (χ3v) is 8.72. The van der Waals surface area contributed by atoms with E-state index in [1.54, 1.807) is 11.3 Å². The van der Waals surface area contributed by atoms with Crippen molar-refractivity contribution in [1.29, 1.82) is 0 Å². The summed E-state index contributed by atoms with van der Waals surface area (Å²) in [5.74, 6) is 0.786.